The topological polar surface area (TPSA) is 75.4 Å². The molecule has 2 heterocycles. The number of hydrogen-bond acceptors (Lipinski definition) is 5. The molecule has 1 N–H and O–H groups in total. The molecule has 1 aromatic heterocycles. The van der Waals surface area contributed by atoms with E-state index in [1.54, 1.807) is 4.90 Å². The molecule has 1 fully saturated rings. The van der Waals surface area contributed by atoms with Crippen molar-refractivity contribution in [3.63, 3.8) is 0 Å². The Bertz CT molecular complexity index is 1720. The predicted molar refractivity (Wildman–Crippen MR) is 178 cm³/mol. The number of amides is 1. The van der Waals surface area contributed by atoms with Crippen molar-refractivity contribution in [2.24, 2.45) is 4.99 Å². The second-order valence-corrected chi connectivity index (χ2v) is 12.4. The van der Waals surface area contributed by atoms with E-state index in [4.69, 9.17) is 12.2 Å². The third kappa shape index (κ3) is 7.98. The average Bonchev–Trinajstić information content (AvgIpc) is 3.64. The molecule has 0 atom stereocenters. The maximum absolute atomic E-state index is 12.9. The zero-order valence-electron chi connectivity index (χ0n) is 25.1. The molecule has 5 rings (SSSR count). The molecule has 7 nitrogen and oxygen atoms in total. The van der Waals surface area contributed by atoms with Crippen molar-refractivity contribution in [3.05, 3.63) is 95.3 Å². The number of thioether (sulfide) groups is 1. The van der Waals surface area contributed by atoms with Crippen LogP contribution < -0.4 is 10.2 Å². The summed E-state index contributed by atoms with van der Waals surface area (Å²) in [6.07, 6.45) is -0.294. The Hall–Kier alpha value is -4.03. The number of halogens is 3. The summed E-state index contributed by atoms with van der Waals surface area (Å²) in [5, 5.41) is 8.62. The van der Waals surface area contributed by atoms with Crippen LogP contribution in [0.4, 0.5) is 18.9 Å². The molecule has 1 saturated heterocycles. The van der Waals surface area contributed by atoms with Gasteiger partial charge in [0.05, 0.1) is 22.7 Å². The van der Waals surface area contributed by atoms with Crippen LogP contribution in [0.5, 0.6) is 0 Å². The van der Waals surface area contributed by atoms with Crippen molar-refractivity contribution >= 4 is 45.9 Å². The number of amidine groups is 1. The highest BCUT2D eigenvalue weighted by molar-refractivity contribution is 8.15. The molecule has 0 saturated carbocycles. The Morgan fingerprint density at radius 2 is 1.87 bits per heavy atom. The summed E-state index contributed by atoms with van der Waals surface area (Å²) < 4.78 is 40.1. The van der Waals surface area contributed by atoms with Gasteiger partial charge in [0.15, 0.2) is 16.1 Å². The molecule has 1 aliphatic heterocycles. The first-order valence-electron chi connectivity index (χ1n) is 14.6. The van der Waals surface area contributed by atoms with Gasteiger partial charge >= 0.3 is 6.18 Å². The highest BCUT2D eigenvalue weighted by Crippen LogP contribution is 2.34. The fourth-order valence-corrected chi connectivity index (χ4v) is 6.10. The highest BCUT2D eigenvalue weighted by atomic mass is 32.2. The maximum atomic E-state index is 12.9. The van der Waals surface area contributed by atoms with E-state index in [0.717, 1.165) is 59.3 Å². The molecule has 12 heteroatoms. The van der Waals surface area contributed by atoms with Crippen LogP contribution in [-0.4, -0.2) is 43.2 Å². The van der Waals surface area contributed by atoms with Crippen molar-refractivity contribution in [2.75, 3.05) is 17.2 Å². The number of aryl methyl sites for hydroxylation is 2. The van der Waals surface area contributed by atoms with Crippen molar-refractivity contribution in [1.29, 1.82) is 0 Å². The standard InChI is InChI=1S/C33H33F3N6OS2/c1-21(2)27-15-10-22(3)17-28(27)42-29(43)19-45-32(42)39-31(44)37-16-5-4-7-23-8-6-9-24(18-23)30-38-20-41(40-30)26-13-11-25(12-14-26)33(34,35)36/h6,8-15,17-18,20-21H,4-5,7,16,19H2,1-3H3,(H,37,44). The number of hydrogen-bond donors (Lipinski definition) is 1. The molecule has 1 aliphatic rings. The second-order valence-electron chi connectivity index (χ2n) is 11.1. The summed E-state index contributed by atoms with van der Waals surface area (Å²) in [7, 11) is 0. The number of anilines is 1. The molecule has 3 aromatic carbocycles. The van der Waals surface area contributed by atoms with Crippen molar-refractivity contribution < 1.29 is 18.0 Å². The Labute approximate surface area is 270 Å². The van der Waals surface area contributed by atoms with Crippen molar-refractivity contribution in [3.8, 4) is 17.1 Å². The van der Waals surface area contributed by atoms with Gasteiger partial charge in [0.25, 0.3) is 0 Å². The van der Waals surface area contributed by atoms with Crippen molar-refractivity contribution in [1.82, 2.24) is 20.1 Å². The minimum atomic E-state index is -4.39. The molecule has 1 amide bonds. The van der Waals surface area contributed by atoms with E-state index >= 15 is 0 Å². The number of thiocarbonyl (C=S) groups is 1. The van der Waals surface area contributed by atoms with Crippen LogP contribution in [0.25, 0.3) is 17.1 Å². The number of rotatable bonds is 9. The summed E-state index contributed by atoms with van der Waals surface area (Å²) in [5.74, 6) is 1.08. The minimum absolute atomic E-state index is 0.00200. The van der Waals surface area contributed by atoms with Crippen LogP contribution in [-0.2, 0) is 17.4 Å². The lowest BCUT2D eigenvalue weighted by Gasteiger charge is -2.22. The van der Waals surface area contributed by atoms with E-state index in [0.29, 0.717) is 34.1 Å². The highest BCUT2D eigenvalue weighted by Gasteiger charge is 2.32. The van der Waals surface area contributed by atoms with Crippen LogP contribution in [0, 0.1) is 6.92 Å². The Balaban J connectivity index is 1.14. The van der Waals surface area contributed by atoms with Crippen molar-refractivity contribution in [2.45, 2.75) is 52.1 Å². The molecular formula is C33H33F3N6OS2. The van der Waals surface area contributed by atoms with Gasteiger partial charge in [-0.25, -0.2) is 9.67 Å². The van der Waals surface area contributed by atoms with Gasteiger partial charge in [0, 0.05) is 12.1 Å². The smallest absolute Gasteiger partial charge is 0.361 e. The Kier molecular flexibility index (Phi) is 10.0. The number of aromatic nitrogens is 3. The van der Waals surface area contributed by atoms with Gasteiger partial charge in [0.1, 0.15) is 6.33 Å². The molecule has 0 bridgehead atoms. The zero-order valence-corrected chi connectivity index (χ0v) is 26.8. The molecule has 234 valence electrons. The molecule has 4 aromatic rings. The van der Waals surface area contributed by atoms with Crippen LogP contribution in [0.1, 0.15) is 54.9 Å². The number of unbranched alkanes of at least 4 members (excludes halogenated alkanes) is 1. The number of alkyl halides is 3. The summed E-state index contributed by atoms with van der Waals surface area (Å²) in [4.78, 5) is 23.5. The van der Waals surface area contributed by atoms with Gasteiger partial charge in [0.2, 0.25) is 5.91 Å². The predicted octanol–water partition coefficient (Wildman–Crippen LogP) is 7.72. The zero-order chi connectivity index (χ0) is 32.1. The number of nitrogens with zero attached hydrogens (tertiary/aromatic N) is 5. The number of carbonyl (C=O) groups excluding carboxylic acids is 1. The fraction of sp³-hybridized carbons (Fsp3) is 0.303. The van der Waals surface area contributed by atoms with Crippen LogP contribution in [0.15, 0.2) is 78.0 Å². The first kappa shape index (κ1) is 32.4. The summed E-state index contributed by atoms with van der Waals surface area (Å²) in [6, 6.07) is 18.9. The first-order chi connectivity index (χ1) is 21.5. The Morgan fingerprint density at radius 3 is 2.60 bits per heavy atom. The number of benzene rings is 3. The third-order valence-electron chi connectivity index (χ3n) is 7.32. The Morgan fingerprint density at radius 1 is 1.09 bits per heavy atom. The second kappa shape index (κ2) is 13.9. The van der Waals surface area contributed by atoms with E-state index in [2.05, 4.69) is 46.4 Å². The molecule has 0 radical (unpaired) electrons. The largest absolute Gasteiger partial charge is 0.416 e. The SMILES string of the molecule is Cc1ccc(C(C)C)c(N2C(=O)CSC2=NC(=S)NCCCCc2cccc(-c3ncn(-c4ccc(C(F)(F)F)cc4)n3)c2)c1. The van der Waals surface area contributed by atoms with Gasteiger partial charge in [-0.05, 0) is 97.4 Å². The molecule has 0 unspecified atom stereocenters. The summed E-state index contributed by atoms with van der Waals surface area (Å²) in [6.45, 7) is 6.88. The average molecular weight is 651 g/mol. The van der Waals surface area contributed by atoms with Gasteiger partial charge in [-0.15, -0.1) is 5.10 Å². The van der Waals surface area contributed by atoms with E-state index in [1.165, 1.54) is 34.9 Å². The summed E-state index contributed by atoms with van der Waals surface area (Å²) >= 11 is 6.90. The normalized spacial score (nSPS) is 14.5. The van der Waals surface area contributed by atoms with Gasteiger partial charge < -0.3 is 5.32 Å². The number of carbonyl (C=O) groups is 1. The van der Waals surface area contributed by atoms with Crippen LogP contribution in [0.2, 0.25) is 0 Å². The summed E-state index contributed by atoms with van der Waals surface area (Å²) in [5.41, 5.74) is 4.77. The maximum Gasteiger partial charge on any atom is 0.416 e. The van der Waals surface area contributed by atoms with Gasteiger partial charge in [-0.2, -0.15) is 18.2 Å². The fourth-order valence-electron chi connectivity index (χ4n) is 4.98. The first-order valence-corrected chi connectivity index (χ1v) is 16.0. The van der Waals surface area contributed by atoms with E-state index in [9.17, 15) is 18.0 Å². The van der Waals surface area contributed by atoms with E-state index in [-0.39, 0.29) is 11.8 Å². The molecule has 45 heavy (non-hydrogen) atoms. The lowest BCUT2D eigenvalue weighted by Crippen LogP contribution is -2.32. The molecule has 0 spiro atoms. The van der Waals surface area contributed by atoms with Gasteiger partial charge in [-0.3, -0.25) is 9.69 Å². The molecular weight excluding hydrogens is 618 g/mol. The van der Waals surface area contributed by atoms with Crippen LogP contribution in [0.3, 0.4) is 0 Å². The van der Waals surface area contributed by atoms with E-state index in [1.807, 2.05) is 37.3 Å². The third-order valence-corrected chi connectivity index (χ3v) is 8.48. The minimum Gasteiger partial charge on any atom is -0.361 e. The quantitative estimate of drug-likeness (QED) is 0.148. The monoisotopic (exact) mass is 650 g/mol. The van der Waals surface area contributed by atoms with Gasteiger partial charge in [-0.1, -0.05) is 55.9 Å². The lowest BCUT2D eigenvalue weighted by atomic mass is 9.99. The number of aliphatic imine (C=N–C) groups is 1. The van der Waals surface area contributed by atoms with E-state index < -0.39 is 11.7 Å². The molecule has 0 aliphatic carbocycles. The van der Waals surface area contributed by atoms with Crippen LogP contribution >= 0.6 is 24.0 Å². The lowest BCUT2D eigenvalue weighted by molar-refractivity contribution is -0.137. The number of nitrogens with one attached hydrogen (secondary N) is 1.